The van der Waals surface area contributed by atoms with Gasteiger partial charge in [0.05, 0.1) is 29.3 Å². The second kappa shape index (κ2) is 6.72. The summed E-state index contributed by atoms with van der Waals surface area (Å²) < 4.78 is 44.6. The highest BCUT2D eigenvalue weighted by atomic mass is 32.1. The number of benzene rings is 2. The van der Waals surface area contributed by atoms with Crippen molar-refractivity contribution < 1.29 is 22.7 Å². The lowest BCUT2D eigenvalue weighted by atomic mass is 10.1. The summed E-state index contributed by atoms with van der Waals surface area (Å²) in [5.74, 6) is 0.193. The van der Waals surface area contributed by atoms with Gasteiger partial charge in [0.2, 0.25) is 5.91 Å². The Balaban J connectivity index is 1.82. The SMILES string of the molecule is COc1ccccc1CC(=O)Nc1nc2c(C(F)(F)F)cccc2s1. The van der Waals surface area contributed by atoms with E-state index in [0.717, 1.165) is 17.4 Å². The van der Waals surface area contributed by atoms with E-state index in [1.54, 1.807) is 24.3 Å². The van der Waals surface area contributed by atoms with Crippen molar-refractivity contribution in [1.82, 2.24) is 4.98 Å². The zero-order valence-corrected chi connectivity index (χ0v) is 13.9. The molecule has 0 atom stereocenters. The normalized spacial score (nSPS) is 11.5. The van der Waals surface area contributed by atoms with E-state index in [0.29, 0.717) is 16.0 Å². The number of halogens is 3. The minimum absolute atomic E-state index is 0.0338. The summed E-state index contributed by atoms with van der Waals surface area (Å²) in [6.07, 6.45) is -4.46. The smallest absolute Gasteiger partial charge is 0.418 e. The summed E-state index contributed by atoms with van der Waals surface area (Å²) in [6.45, 7) is 0. The van der Waals surface area contributed by atoms with Crippen molar-refractivity contribution in [3.63, 3.8) is 0 Å². The van der Waals surface area contributed by atoms with Gasteiger partial charge in [-0.1, -0.05) is 35.6 Å². The Bertz CT molecular complexity index is 922. The maximum Gasteiger partial charge on any atom is 0.418 e. The van der Waals surface area contributed by atoms with Crippen molar-refractivity contribution in [3.8, 4) is 5.75 Å². The fourth-order valence-electron chi connectivity index (χ4n) is 2.42. The third-order valence-corrected chi connectivity index (χ3v) is 4.45. The van der Waals surface area contributed by atoms with Crippen molar-refractivity contribution in [2.75, 3.05) is 12.4 Å². The van der Waals surface area contributed by atoms with E-state index in [9.17, 15) is 18.0 Å². The van der Waals surface area contributed by atoms with Crippen LogP contribution in [0.25, 0.3) is 10.2 Å². The van der Waals surface area contributed by atoms with Gasteiger partial charge < -0.3 is 10.1 Å². The van der Waals surface area contributed by atoms with Crippen molar-refractivity contribution in [2.45, 2.75) is 12.6 Å². The van der Waals surface area contributed by atoms with Crippen molar-refractivity contribution in [1.29, 1.82) is 0 Å². The molecule has 4 nitrogen and oxygen atoms in total. The number of aromatic nitrogens is 1. The Morgan fingerprint density at radius 1 is 1.20 bits per heavy atom. The predicted octanol–water partition coefficient (Wildman–Crippen LogP) is 4.50. The number of methoxy groups -OCH3 is 1. The number of hydrogen-bond donors (Lipinski definition) is 1. The summed E-state index contributed by atoms with van der Waals surface area (Å²) >= 11 is 1.00. The molecule has 25 heavy (non-hydrogen) atoms. The molecule has 1 aromatic heterocycles. The van der Waals surface area contributed by atoms with E-state index in [2.05, 4.69) is 10.3 Å². The Kier molecular flexibility index (Phi) is 4.63. The molecule has 0 radical (unpaired) electrons. The molecule has 0 saturated heterocycles. The average Bonchev–Trinajstić information content (AvgIpc) is 2.96. The van der Waals surface area contributed by atoms with Gasteiger partial charge in [-0.25, -0.2) is 4.98 Å². The summed E-state index contributed by atoms with van der Waals surface area (Å²) in [6, 6.07) is 10.9. The lowest BCUT2D eigenvalue weighted by Crippen LogP contribution is -2.14. The third kappa shape index (κ3) is 3.74. The van der Waals surface area contributed by atoms with Crippen molar-refractivity contribution in [2.24, 2.45) is 0 Å². The number of nitrogens with one attached hydrogen (secondary N) is 1. The largest absolute Gasteiger partial charge is 0.496 e. The predicted molar refractivity (Wildman–Crippen MR) is 89.9 cm³/mol. The number of fused-ring (bicyclic) bond motifs is 1. The van der Waals surface area contributed by atoms with Crippen LogP contribution in [0.4, 0.5) is 18.3 Å². The Morgan fingerprint density at radius 2 is 1.96 bits per heavy atom. The van der Waals surface area contributed by atoms with Gasteiger partial charge >= 0.3 is 6.18 Å². The minimum atomic E-state index is -4.49. The molecule has 8 heteroatoms. The molecule has 130 valence electrons. The zero-order chi connectivity index (χ0) is 18.0. The van der Waals surface area contributed by atoms with Crippen molar-refractivity contribution >= 4 is 32.6 Å². The first-order valence-electron chi connectivity index (χ1n) is 7.27. The summed E-state index contributed by atoms with van der Waals surface area (Å²) in [7, 11) is 1.50. The van der Waals surface area contributed by atoms with Crippen LogP contribution in [0.1, 0.15) is 11.1 Å². The van der Waals surface area contributed by atoms with Gasteiger partial charge in [0, 0.05) is 5.56 Å². The molecule has 2 aromatic carbocycles. The molecule has 0 fully saturated rings. The fraction of sp³-hybridized carbons (Fsp3) is 0.176. The number of para-hydroxylation sites is 2. The Morgan fingerprint density at radius 3 is 2.68 bits per heavy atom. The molecule has 0 spiro atoms. The number of rotatable bonds is 4. The van der Waals surface area contributed by atoms with E-state index >= 15 is 0 Å². The summed E-state index contributed by atoms with van der Waals surface area (Å²) in [5, 5.41) is 2.69. The first-order chi connectivity index (χ1) is 11.9. The lowest BCUT2D eigenvalue weighted by Gasteiger charge is -2.07. The van der Waals surface area contributed by atoms with Gasteiger partial charge in [0.25, 0.3) is 0 Å². The van der Waals surface area contributed by atoms with Crippen molar-refractivity contribution in [3.05, 3.63) is 53.6 Å². The monoisotopic (exact) mass is 366 g/mol. The van der Waals surface area contributed by atoms with Gasteiger partial charge in [-0.05, 0) is 18.2 Å². The molecule has 0 bridgehead atoms. The molecule has 3 rings (SSSR count). The molecular formula is C17H13F3N2O2S. The van der Waals surface area contributed by atoms with E-state index < -0.39 is 11.7 Å². The molecule has 0 unspecified atom stereocenters. The van der Waals surface area contributed by atoms with Gasteiger partial charge in [0.15, 0.2) is 5.13 Å². The topological polar surface area (TPSA) is 51.2 Å². The Labute approximate surface area is 145 Å². The third-order valence-electron chi connectivity index (χ3n) is 3.51. The minimum Gasteiger partial charge on any atom is -0.496 e. The van der Waals surface area contributed by atoms with Gasteiger partial charge in [-0.3, -0.25) is 4.79 Å². The lowest BCUT2D eigenvalue weighted by molar-refractivity contribution is -0.136. The van der Waals surface area contributed by atoms with Crippen LogP contribution in [0, 0.1) is 0 Å². The van der Waals surface area contributed by atoms with Crippen LogP contribution in [0.2, 0.25) is 0 Å². The maximum absolute atomic E-state index is 13.0. The first-order valence-corrected chi connectivity index (χ1v) is 8.08. The van der Waals surface area contributed by atoms with Crippen LogP contribution >= 0.6 is 11.3 Å². The number of alkyl halides is 3. The molecule has 1 N–H and O–H groups in total. The van der Waals surface area contributed by atoms with E-state index in [-0.39, 0.29) is 23.0 Å². The molecule has 0 saturated carbocycles. The van der Waals surface area contributed by atoms with E-state index in [1.807, 2.05) is 0 Å². The Hall–Kier alpha value is -2.61. The van der Waals surface area contributed by atoms with Crippen LogP contribution in [0.3, 0.4) is 0 Å². The highest BCUT2D eigenvalue weighted by molar-refractivity contribution is 7.22. The summed E-state index contributed by atoms with van der Waals surface area (Å²) in [4.78, 5) is 16.1. The van der Waals surface area contributed by atoms with E-state index in [1.165, 1.54) is 19.2 Å². The van der Waals surface area contributed by atoms with Crippen LogP contribution in [-0.4, -0.2) is 18.0 Å². The average molecular weight is 366 g/mol. The van der Waals surface area contributed by atoms with Crippen LogP contribution < -0.4 is 10.1 Å². The number of amides is 1. The highest BCUT2D eigenvalue weighted by Crippen LogP contribution is 2.37. The van der Waals surface area contributed by atoms with Gasteiger partial charge in [0.1, 0.15) is 5.75 Å². The zero-order valence-electron chi connectivity index (χ0n) is 13.1. The molecule has 1 heterocycles. The molecular weight excluding hydrogens is 353 g/mol. The highest BCUT2D eigenvalue weighted by Gasteiger charge is 2.33. The number of carbonyl (C=O) groups is 1. The van der Waals surface area contributed by atoms with Gasteiger partial charge in [-0.2, -0.15) is 13.2 Å². The van der Waals surface area contributed by atoms with Crippen LogP contribution in [0.15, 0.2) is 42.5 Å². The maximum atomic E-state index is 13.0. The molecule has 0 aliphatic heterocycles. The number of ether oxygens (including phenoxy) is 1. The molecule has 0 aliphatic carbocycles. The number of hydrogen-bond acceptors (Lipinski definition) is 4. The standard InChI is InChI=1S/C17H13F3N2O2S/c1-24-12-7-3-2-5-10(12)9-14(23)21-16-22-15-11(17(18,19)20)6-4-8-13(15)25-16/h2-8H,9H2,1H3,(H,21,22,23). The van der Waals surface area contributed by atoms with Crippen LogP contribution in [-0.2, 0) is 17.4 Å². The fourth-order valence-corrected chi connectivity index (χ4v) is 3.33. The van der Waals surface area contributed by atoms with E-state index in [4.69, 9.17) is 4.74 Å². The number of thiazole rings is 1. The number of carbonyl (C=O) groups excluding carboxylic acids is 1. The number of anilines is 1. The number of nitrogens with zero attached hydrogens (tertiary/aromatic N) is 1. The molecule has 0 aliphatic rings. The second-order valence-electron chi connectivity index (χ2n) is 5.21. The van der Waals surface area contributed by atoms with Gasteiger partial charge in [-0.15, -0.1) is 0 Å². The first kappa shape index (κ1) is 17.2. The summed E-state index contributed by atoms with van der Waals surface area (Å²) in [5.41, 5.74) is -0.293. The quantitative estimate of drug-likeness (QED) is 0.739. The molecule has 1 amide bonds. The second-order valence-corrected chi connectivity index (χ2v) is 6.24. The van der Waals surface area contributed by atoms with Crippen LogP contribution in [0.5, 0.6) is 5.75 Å². The molecule has 3 aromatic rings.